The molecular weight excluding hydrogens is 290 g/mol. The Labute approximate surface area is 136 Å². The first-order valence-corrected chi connectivity index (χ1v) is 7.42. The lowest BCUT2D eigenvalue weighted by Crippen LogP contribution is -2.25. The summed E-state index contributed by atoms with van der Waals surface area (Å²) in [5.74, 6) is 6.59. The number of carbonyl (C=O) groups excluding carboxylic acids is 1. The zero-order valence-corrected chi connectivity index (χ0v) is 13.9. The quantitative estimate of drug-likeness (QED) is 0.878. The Hall–Kier alpha value is -2.74. The highest BCUT2D eigenvalue weighted by Crippen LogP contribution is 2.12. The Bertz CT molecular complexity index is 714. The van der Waals surface area contributed by atoms with Gasteiger partial charge in [0.1, 0.15) is 5.76 Å². The van der Waals surface area contributed by atoms with Gasteiger partial charge in [0.15, 0.2) is 0 Å². The number of benzene rings is 1. The molecule has 0 saturated heterocycles. The molecule has 0 saturated carbocycles. The largest absolute Gasteiger partial charge is 0.378 e. The summed E-state index contributed by atoms with van der Waals surface area (Å²) >= 11 is 0. The Morgan fingerprint density at radius 3 is 2.52 bits per heavy atom. The van der Waals surface area contributed by atoms with E-state index in [0.29, 0.717) is 12.3 Å². The van der Waals surface area contributed by atoms with Crippen molar-refractivity contribution in [1.82, 2.24) is 10.5 Å². The number of hydrogen-bond acceptors (Lipinski definition) is 4. The van der Waals surface area contributed by atoms with Crippen molar-refractivity contribution in [3.8, 4) is 11.8 Å². The van der Waals surface area contributed by atoms with Crippen LogP contribution in [0, 0.1) is 25.7 Å². The molecule has 0 spiro atoms. The Kier molecular flexibility index (Phi) is 5.42. The lowest BCUT2D eigenvalue weighted by Gasteiger charge is -2.11. The summed E-state index contributed by atoms with van der Waals surface area (Å²) < 4.78 is 5.04. The smallest absolute Gasteiger partial charge is 0.225 e. The van der Waals surface area contributed by atoms with Crippen molar-refractivity contribution in [2.75, 3.05) is 25.5 Å². The van der Waals surface area contributed by atoms with E-state index in [9.17, 15) is 4.79 Å². The van der Waals surface area contributed by atoms with Crippen molar-refractivity contribution in [2.45, 2.75) is 20.3 Å². The third-order valence-electron chi connectivity index (χ3n) is 3.51. The van der Waals surface area contributed by atoms with E-state index in [0.717, 1.165) is 22.5 Å². The second kappa shape index (κ2) is 7.50. The standard InChI is InChI=1S/C18H21N3O2/c1-13-17(14(2)23-20-13)12-18(22)19-11-5-6-15-7-9-16(10-8-15)21(3)4/h7-10H,11-12H2,1-4H3,(H,19,22). The van der Waals surface area contributed by atoms with Gasteiger partial charge in [0, 0.05) is 30.9 Å². The molecule has 1 heterocycles. The summed E-state index contributed by atoms with van der Waals surface area (Å²) in [6, 6.07) is 7.96. The highest BCUT2D eigenvalue weighted by Gasteiger charge is 2.12. The molecule has 23 heavy (non-hydrogen) atoms. The van der Waals surface area contributed by atoms with E-state index in [-0.39, 0.29) is 12.3 Å². The van der Waals surface area contributed by atoms with Crippen molar-refractivity contribution in [3.05, 3.63) is 46.8 Å². The molecule has 2 rings (SSSR count). The van der Waals surface area contributed by atoms with E-state index >= 15 is 0 Å². The molecule has 1 aromatic heterocycles. The average molecular weight is 311 g/mol. The first kappa shape index (κ1) is 16.6. The third kappa shape index (κ3) is 4.62. The fourth-order valence-electron chi connectivity index (χ4n) is 2.11. The van der Waals surface area contributed by atoms with Crippen molar-refractivity contribution < 1.29 is 9.32 Å². The van der Waals surface area contributed by atoms with E-state index in [1.165, 1.54) is 0 Å². The SMILES string of the molecule is Cc1noc(C)c1CC(=O)NCC#Cc1ccc(N(C)C)cc1. The molecular formula is C18H21N3O2. The van der Waals surface area contributed by atoms with Crippen LogP contribution in [-0.4, -0.2) is 31.7 Å². The second-order valence-electron chi connectivity index (χ2n) is 5.50. The van der Waals surface area contributed by atoms with Crippen LogP contribution < -0.4 is 10.2 Å². The predicted octanol–water partition coefficient (Wildman–Crippen LogP) is 2.07. The maximum Gasteiger partial charge on any atom is 0.225 e. The van der Waals surface area contributed by atoms with Gasteiger partial charge >= 0.3 is 0 Å². The number of hydrogen-bond donors (Lipinski definition) is 1. The topological polar surface area (TPSA) is 58.4 Å². The summed E-state index contributed by atoms with van der Waals surface area (Å²) in [6.07, 6.45) is 0.264. The van der Waals surface area contributed by atoms with Crippen LogP contribution in [0.4, 0.5) is 5.69 Å². The summed E-state index contributed by atoms with van der Waals surface area (Å²) in [7, 11) is 3.99. The van der Waals surface area contributed by atoms with E-state index < -0.39 is 0 Å². The lowest BCUT2D eigenvalue weighted by atomic mass is 10.1. The van der Waals surface area contributed by atoms with Gasteiger partial charge in [-0.1, -0.05) is 17.0 Å². The van der Waals surface area contributed by atoms with Crippen molar-refractivity contribution in [3.63, 3.8) is 0 Å². The van der Waals surface area contributed by atoms with Crippen molar-refractivity contribution in [2.24, 2.45) is 0 Å². The van der Waals surface area contributed by atoms with E-state index in [1.807, 2.05) is 50.2 Å². The Morgan fingerprint density at radius 2 is 1.96 bits per heavy atom. The van der Waals surface area contributed by atoms with E-state index in [2.05, 4.69) is 22.3 Å². The molecule has 0 bridgehead atoms. The summed E-state index contributed by atoms with van der Waals surface area (Å²) in [6.45, 7) is 3.95. The summed E-state index contributed by atoms with van der Waals surface area (Å²) in [4.78, 5) is 13.9. The van der Waals surface area contributed by atoms with Crippen LogP contribution in [0.2, 0.25) is 0 Å². The van der Waals surface area contributed by atoms with Gasteiger partial charge in [0.05, 0.1) is 18.7 Å². The fraction of sp³-hybridized carbons (Fsp3) is 0.333. The second-order valence-corrected chi connectivity index (χ2v) is 5.50. The third-order valence-corrected chi connectivity index (χ3v) is 3.51. The Morgan fingerprint density at radius 1 is 1.26 bits per heavy atom. The molecule has 1 N–H and O–H groups in total. The van der Waals surface area contributed by atoms with Gasteiger partial charge in [-0.3, -0.25) is 4.79 Å². The van der Waals surface area contributed by atoms with Gasteiger partial charge in [-0.05, 0) is 38.1 Å². The van der Waals surface area contributed by atoms with Crippen LogP contribution >= 0.6 is 0 Å². The van der Waals surface area contributed by atoms with Crippen LogP contribution in [0.25, 0.3) is 0 Å². The van der Waals surface area contributed by atoms with Gasteiger partial charge in [0.25, 0.3) is 0 Å². The fourth-order valence-corrected chi connectivity index (χ4v) is 2.11. The summed E-state index contributed by atoms with van der Waals surface area (Å²) in [5.41, 5.74) is 3.65. The Balaban J connectivity index is 1.84. The lowest BCUT2D eigenvalue weighted by molar-refractivity contribution is -0.120. The molecule has 0 fully saturated rings. The molecule has 0 aliphatic carbocycles. The minimum Gasteiger partial charge on any atom is -0.378 e. The van der Waals surface area contributed by atoms with Crippen molar-refractivity contribution >= 4 is 11.6 Å². The number of nitrogens with one attached hydrogen (secondary N) is 1. The van der Waals surface area contributed by atoms with E-state index in [1.54, 1.807) is 6.92 Å². The van der Waals surface area contributed by atoms with Gasteiger partial charge in [-0.25, -0.2) is 0 Å². The number of carbonyl (C=O) groups is 1. The highest BCUT2D eigenvalue weighted by atomic mass is 16.5. The van der Waals surface area contributed by atoms with E-state index in [4.69, 9.17) is 4.52 Å². The molecule has 0 atom stereocenters. The van der Waals surface area contributed by atoms with Gasteiger partial charge in [-0.15, -0.1) is 0 Å². The first-order valence-electron chi connectivity index (χ1n) is 7.42. The number of aromatic nitrogens is 1. The highest BCUT2D eigenvalue weighted by molar-refractivity contribution is 5.79. The molecule has 5 heteroatoms. The molecule has 0 unspecified atom stereocenters. The van der Waals surface area contributed by atoms with Gasteiger partial charge in [0.2, 0.25) is 5.91 Å². The number of anilines is 1. The molecule has 1 amide bonds. The number of amides is 1. The number of nitrogens with zero attached hydrogens (tertiary/aromatic N) is 2. The van der Waals surface area contributed by atoms with Crippen LogP contribution in [0.3, 0.4) is 0 Å². The van der Waals surface area contributed by atoms with Crippen LogP contribution in [0.15, 0.2) is 28.8 Å². The molecule has 0 aliphatic heterocycles. The zero-order chi connectivity index (χ0) is 16.8. The maximum atomic E-state index is 11.9. The number of rotatable bonds is 4. The minimum absolute atomic E-state index is 0.0864. The molecule has 2 aromatic rings. The predicted molar refractivity (Wildman–Crippen MR) is 90.3 cm³/mol. The zero-order valence-electron chi connectivity index (χ0n) is 13.9. The molecule has 120 valence electrons. The van der Waals surface area contributed by atoms with Crippen molar-refractivity contribution in [1.29, 1.82) is 0 Å². The molecule has 1 aromatic carbocycles. The normalized spacial score (nSPS) is 9.91. The maximum absolute atomic E-state index is 11.9. The molecule has 0 radical (unpaired) electrons. The van der Waals surface area contributed by atoms with Gasteiger partial charge in [-0.2, -0.15) is 0 Å². The minimum atomic E-state index is -0.0864. The monoisotopic (exact) mass is 311 g/mol. The molecule has 0 aliphatic rings. The number of aryl methyl sites for hydroxylation is 2. The first-order chi connectivity index (χ1) is 11.0. The van der Waals surface area contributed by atoms with Crippen LogP contribution in [0.5, 0.6) is 0 Å². The van der Waals surface area contributed by atoms with Gasteiger partial charge < -0.3 is 14.7 Å². The van der Waals surface area contributed by atoms with Crippen LogP contribution in [-0.2, 0) is 11.2 Å². The average Bonchev–Trinajstić information content (AvgIpc) is 2.84. The van der Waals surface area contributed by atoms with Crippen LogP contribution in [0.1, 0.15) is 22.6 Å². The molecule has 5 nitrogen and oxygen atoms in total. The summed E-state index contributed by atoms with van der Waals surface area (Å²) in [5, 5.41) is 6.62.